The zero-order chi connectivity index (χ0) is 15.7. The molecule has 3 nitrogen and oxygen atoms in total. The van der Waals surface area contributed by atoms with Crippen molar-refractivity contribution in [2.75, 3.05) is 7.05 Å². The van der Waals surface area contributed by atoms with Crippen LogP contribution in [0.5, 0.6) is 0 Å². The van der Waals surface area contributed by atoms with Crippen molar-refractivity contribution < 1.29 is 4.79 Å². The third-order valence-corrected chi connectivity index (χ3v) is 5.60. The lowest BCUT2D eigenvalue weighted by Crippen LogP contribution is -2.49. The quantitative estimate of drug-likeness (QED) is 0.912. The molecule has 2 aliphatic heterocycles. The fourth-order valence-corrected chi connectivity index (χ4v) is 4.01. The third-order valence-electron chi connectivity index (χ3n) is 5.60. The summed E-state index contributed by atoms with van der Waals surface area (Å²) in [4.78, 5) is 14.9. The van der Waals surface area contributed by atoms with Gasteiger partial charge in [0.15, 0.2) is 0 Å². The summed E-state index contributed by atoms with van der Waals surface area (Å²) in [5.41, 5.74) is 2.46. The van der Waals surface area contributed by atoms with E-state index in [2.05, 4.69) is 36.5 Å². The van der Waals surface area contributed by atoms with Gasteiger partial charge in [0.1, 0.15) is 0 Å². The highest BCUT2D eigenvalue weighted by Gasteiger charge is 2.37. The van der Waals surface area contributed by atoms with Crippen molar-refractivity contribution in [2.45, 2.75) is 70.0 Å². The maximum atomic E-state index is 12.8. The Hall–Kier alpha value is -1.06. The first kappa shape index (κ1) is 18.3. The second kappa shape index (κ2) is 7.67. The molecular weight excluding hydrogens is 308 g/mol. The maximum Gasteiger partial charge on any atom is 0.229 e. The van der Waals surface area contributed by atoms with Gasteiger partial charge in [-0.3, -0.25) is 4.79 Å². The molecule has 128 valence electrons. The highest BCUT2D eigenvalue weighted by molar-refractivity contribution is 5.85. The van der Waals surface area contributed by atoms with Crippen LogP contribution >= 0.6 is 12.4 Å². The Morgan fingerprint density at radius 2 is 1.78 bits per heavy atom. The number of likely N-dealkylation sites (N-methyl/N-ethyl adjacent to an activating group) is 1. The second-order valence-corrected chi connectivity index (χ2v) is 7.03. The number of halogens is 1. The van der Waals surface area contributed by atoms with E-state index in [0.717, 1.165) is 24.8 Å². The van der Waals surface area contributed by atoms with Gasteiger partial charge in [-0.25, -0.2) is 0 Å². The molecule has 2 fully saturated rings. The Morgan fingerprint density at radius 3 is 2.30 bits per heavy atom. The minimum Gasteiger partial charge on any atom is -0.342 e. The first-order valence-electron chi connectivity index (χ1n) is 8.70. The minimum absolute atomic E-state index is 0. The van der Waals surface area contributed by atoms with Crippen LogP contribution in [0.25, 0.3) is 0 Å². The average Bonchev–Trinajstić information content (AvgIpc) is 2.90. The Balaban J connectivity index is 0.00000192. The second-order valence-electron chi connectivity index (χ2n) is 7.03. The number of hydrogen-bond acceptors (Lipinski definition) is 2. The van der Waals surface area contributed by atoms with Gasteiger partial charge in [-0.2, -0.15) is 0 Å². The van der Waals surface area contributed by atoms with E-state index in [0.29, 0.717) is 18.1 Å². The molecular formula is C19H29ClN2O. The minimum atomic E-state index is -0.0524. The molecule has 0 radical (unpaired) electrons. The van der Waals surface area contributed by atoms with E-state index in [1.54, 1.807) is 0 Å². The number of fused-ring (bicyclic) bond motifs is 2. The molecule has 0 saturated carbocycles. The third kappa shape index (κ3) is 3.89. The predicted octanol–water partition coefficient (Wildman–Crippen LogP) is 3.52. The largest absolute Gasteiger partial charge is 0.342 e. The lowest BCUT2D eigenvalue weighted by Gasteiger charge is -2.36. The molecule has 1 amide bonds. The van der Waals surface area contributed by atoms with Gasteiger partial charge in [0.25, 0.3) is 0 Å². The number of hydrogen-bond donors (Lipinski definition) is 1. The zero-order valence-electron chi connectivity index (χ0n) is 14.4. The first-order valence-corrected chi connectivity index (χ1v) is 8.70. The van der Waals surface area contributed by atoms with Crippen LogP contribution in [0.1, 0.15) is 56.6 Å². The number of piperidine rings is 1. The molecule has 1 N–H and O–H groups in total. The molecule has 1 aromatic carbocycles. The van der Waals surface area contributed by atoms with Gasteiger partial charge in [-0.15, -0.1) is 12.4 Å². The molecule has 3 atom stereocenters. The van der Waals surface area contributed by atoms with Crippen LogP contribution in [-0.2, 0) is 11.2 Å². The predicted molar refractivity (Wildman–Crippen MR) is 97.2 cm³/mol. The van der Waals surface area contributed by atoms with E-state index in [4.69, 9.17) is 0 Å². The fourth-order valence-electron chi connectivity index (χ4n) is 4.01. The van der Waals surface area contributed by atoms with Gasteiger partial charge in [0.05, 0.1) is 5.92 Å². The molecule has 2 heterocycles. The maximum absolute atomic E-state index is 12.8. The van der Waals surface area contributed by atoms with Gasteiger partial charge in [-0.1, -0.05) is 31.2 Å². The topological polar surface area (TPSA) is 32.3 Å². The summed E-state index contributed by atoms with van der Waals surface area (Å²) in [5.74, 6) is 0.207. The van der Waals surface area contributed by atoms with Crippen LogP contribution in [-0.4, -0.2) is 36.0 Å². The molecule has 0 aromatic heterocycles. The van der Waals surface area contributed by atoms with Gasteiger partial charge < -0.3 is 10.2 Å². The highest BCUT2D eigenvalue weighted by atomic mass is 35.5. The zero-order valence-corrected chi connectivity index (χ0v) is 15.2. The standard InChI is InChI=1S/C19H28N2O.ClH/c1-4-14-5-7-15(8-6-14)13(2)19(22)21(3)18-11-16-9-10-17(12-18)20-16;/h5-8,13,16-18,20H,4,9-12H2,1-3H3;1H. The van der Waals surface area contributed by atoms with Crippen molar-refractivity contribution in [2.24, 2.45) is 0 Å². The van der Waals surface area contributed by atoms with E-state index >= 15 is 0 Å². The normalized spacial score (nSPS) is 27.2. The Bertz CT molecular complexity index is 519. The van der Waals surface area contributed by atoms with Crippen LogP contribution in [0.2, 0.25) is 0 Å². The number of nitrogens with zero attached hydrogens (tertiary/aromatic N) is 1. The van der Waals surface area contributed by atoms with Crippen molar-refractivity contribution in [3.05, 3.63) is 35.4 Å². The van der Waals surface area contributed by atoms with Crippen molar-refractivity contribution in [3.8, 4) is 0 Å². The summed E-state index contributed by atoms with van der Waals surface area (Å²) >= 11 is 0. The molecule has 0 spiro atoms. The van der Waals surface area contributed by atoms with Crippen LogP contribution in [0, 0.1) is 0 Å². The van der Waals surface area contributed by atoms with Crippen LogP contribution in [0.3, 0.4) is 0 Å². The van der Waals surface area contributed by atoms with Gasteiger partial charge in [0.2, 0.25) is 5.91 Å². The molecule has 2 bridgehead atoms. The van der Waals surface area contributed by atoms with Crippen LogP contribution in [0.15, 0.2) is 24.3 Å². The van der Waals surface area contributed by atoms with Gasteiger partial charge in [0, 0.05) is 25.2 Å². The summed E-state index contributed by atoms with van der Waals surface area (Å²) in [6, 6.07) is 10.2. The van der Waals surface area contributed by atoms with Crippen molar-refractivity contribution in [1.29, 1.82) is 0 Å². The number of amides is 1. The van der Waals surface area contributed by atoms with Crippen LogP contribution < -0.4 is 5.32 Å². The number of carbonyl (C=O) groups excluding carboxylic acids is 1. The van der Waals surface area contributed by atoms with Crippen LogP contribution in [0.4, 0.5) is 0 Å². The SMILES string of the molecule is CCc1ccc(C(C)C(=O)N(C)C2CC3CCC(C2)N3)cc1.Cl. The molecule has 3 unspecified atom stereocenters. The molecule has 2 saturated heterocycles. The van der Waals surface area contributed by atoms with Crippen molar-refractivity contribution >= 4 is 18.3 Å². The van der Waals surface area contributed by atoms with E-state index in [9.17, 15) is 4.79 Å². The molecule has 4 heteroatoms. The summed E-state index contributed by atoms with van der Waals surface area (Å²) in [5, 5.41) is 3.65. The average molecular weight is 337 g/mol. The number of carbonyl (C=O) groups is 1. The van der Waals surface area contributed by atoms with Gasteiger partial charge >= 0.3 is 0 Å². The monoisotopic (exact) mass is 336 g/mol. The number of aryl methyl sites for hydroxylation is 1. The van der Waals surface area contributed by atoms with Gasteiger partial charge in [-0.05, 0) is 50.2 Å². The number of nitrogens with one attached hydrogen (secondary N) is 1. The summed E-state index contributed by atoms with van der Waals surface area (Å²) in [7, 11) is 1.99. The van der Waals surface area contributed by atoms with Crippen molar-refractivity contribution in [3.63, 3.8) is 0 Å². The summed E-state index contributed by atoms with van der Waals surface area (Å²) in [6.45, 7) is 4.19. The summed E-state index contributed by atoms with van der Waals surface area (Å²) < 4.78 is 0. The number of rotatable bonds is 4. The van der Waals surface area contributed by atoms with E-state index in [1.807, 2.05) is 18.9 Å². The highest BCUT2D eigenvalue weighted by Crippen LogP contribution is 2.30. The molecule has 1 aromatic rings. The molecule has 23 heavy (non-hydrogen) atoms. The molecule has 2 aliphatic rings. The van der Waals surface area contributed by atoms with E-state index in [1.165, 1.54) is 18.4 Å². The smallest absolute Gasteiger partial charge is 0.229 e. The Kier molecular flexibility index (Phi) is 6.10. The molecule has 3 rings (SSSR count). The van der Waals surface area contributed by atoms with E-state index in [-0.39, 0.29) is 24.2 Å². The Labute approximate surface area is 146 Å². The molecule has 0 aliphatic carbocycles. The lowest BCUT2D eigenvalue weighted by molar-refractivity contribution is -0.133. The van der Waals surface area contributed by atoms with E-state index < -0.39 is 0 Å². The summed E-state index contributed by atoms with van der Waals surface area (Å²) in [6.07, 6.45) is 5.81. The fraction of sp³-hybridized carbons (Fsp3) is 0.632. The van der Waals surface area contributed by atoms with Crippen molar-refractivity contribution in [1.82, 2.24) is 10.2 Å². The lowest BCUT2D eigenvalue weighted by atomic mass is 9.94. The first-order chi connectivity index (χ1) is 10.6. The number of benzene rings is 1. The Morgan fingerprint density at radius 1 is 1.22 bits per heavy atom.